The van der Waals surface area contributed by atoms with Gasteiger partial charge in [0.1, 0.15) is 13.2 Å². The van der Waals surface area contributed by atoms with Crippen LogP contribution in [0.2, 0.25) is 0 Å². The van der Waals surface area contributed by atoms with E-state index in [0.29, 0.717) is 16.5 Å². The third-order valence-electron chi connectivity index (χ3n) is 4.70. The molecule has 5 nitrogen and oxygen atoms in total. The molecule has 0 aliphatic carbocycles. The van der Waals surface area contributed by atoms with Crippen molar-refractivity contribution in [2.45, 2.75) is 13.2 Å². The SMILES string of the molecule is O=C(O)c1c(COc2ccccc2F)nc2ccccc2c1COc1ccccc1F. The van der Waals surface area contributed by atoms with E-state index in [-0.39, 0.29) is 36.0 Å². The standard InChI is InChI=1S/C24H17F2NO4/c25-17-8-2-5-11-21(17)30-13-16-15-7-1-4-10-19(15)27-20(23(16)24(28)29)14-31-22-12-6-3-9-18(22)26/h1-12H,13-14H2,(H,28,29). The van der Waals surface area contributed by atoms with Crippen molar-refractivity contribution in [3.05, 3.63) is 101 Å². The fourth-order valence-corrected chi connectivity index (χ4v) is 3.26. The molecule has 0 saturated carbocycles. The number of carbonyl (C=O) groups is 1. The average Bonchev–Trinajstić information content (AvgIpc) is 2.77. The van der Waals surface area contributed by atoms with Crippen LogP contribution in [0.25, 0.3) is 10.9 Å². The number of ether oxygens (including phenoxy) is 2. The number of aromatic carboxylic acids is 1. The number of hydrogen-bond acceptors (Lipinski definition) is 4. The van der Waals surface area contributed by atoms with Crippen molar-refractivity contribution in [2.24, 2.45) is 0 Å². The van der Waals surface area contributed by atoms with Gasteiger partial charge in [-0.2, -0.15) is 0 Å². The van der Waals surface area contributed by atoms with Gasteiger partial charge in [0, 0.05) is 10.9 Å². The first-order valence-electron chi connectivity index (χ1n) is 9.43. The second-order valence-electron chi connectivity index (χ2n) is 6.67. The third-order valence-corrected chi connectivity index (χ3v) is 4.70. The zero-order valence-corrected chi connectivity index (χ0v) is 16.2. The zero-order valence-electron chi connectivity index (χ0n) is 16.2. The number of carboxylic acid groups (broad SMARTS) is 1. The molecule has 4 aromatic rings. The minimum absolute atomic E-state index is 0.00360. The summed E-state index contributed by atoms with van der Waals surface area (Å²) < 4.78 is 39.0. The lowest BCUT2D eigenvalue weighted by Gasteiger charge is -2.16. The number of hydrogen-bond donors (Lipinski definition) is 1. The van der Waals surface area contributed by atoms with Crippen molar-refractivity contribution < 1.29 is 28.2 Å². The Morgan fingerprint density at radius 2 is 1.35 bits per heavy atom. The highest BCUT2D eigenvalue weighted by atomic mass is 19.1. The van der Waals surface area contributed by atoms with Crippen LogP contribution in [0.5, 0.6) is 11.5 Å². The van der Waals surface area contributed by atoms with Crippen LogP contribution in [0.1, 0.15) is 21.6 Å². The molecule has 1 aromatic heterocycles. The monoisotopic (exact) mass is 421 g/mol. The normalized spacial score (nSPS) is 10.8. The molecule has 0 radical (unpaired) electrons. The summed E-state index contributed by atoms with van der Waals surface area (Å²) in [6, 6.07) is 18.6. The number of pyridine rings is 1. The lowest BCUT2D eigenvalue weighted by atomic mass is 10.0. The van der Waals surface area contributed by atoms with Crippen molar-refractivity contribution in [3.8, 4) is 11.5 Å². The molecule has 0 spiro atoms. The van der Waals surface area contributed by atoms with Gasteiger partial charge >= 0.3 is 5.97 Å². The van der Waals surface area contributed by atoms with Gasteiger partial charge in [0.25, 0.3) is 0 Å². The number of fused-ring (bicyclic) bond motifs is 1. The van der Waals surface area contributed by atoms with E-state index < -0.39 is 17.6 Å². The third kappa shape index (κ3) is 4.30. The molecule has 1 N–H and O–H groups in total. The molecule has 0 aliphatic rings. The molecule has 0 aliphatic heterocycles. The lowest BCUT2D eigenvalue weighted by molar-refractivity contribution is 0.0690. The highest BCUT2D eigenvalue weighted by Gasteiger charge is 2.22. The maximum atomic E-state index is 14.0. The molecule has 7 heteroatoms. The van der Waals surface area contributed by atoms with Crippen LogP contribution in [0.4, 0.5) is 8.78 Å². The Balaban J connectivity index is 1.75. The first-order valence-corrected chi connectivity index (χ1v) is 9.43. The van der Waals surface area contributed by atoms with E-state index in [1.165, 1.54) is 36.4 Å². The molecule has 31 heavy (non-hydrogen) atoms. The van der Waals surface area contributed by atoms with Gasteiger partial charge in [-0.3, -0.25) is 0 Å². The summed E-state index contributed by atoms with van der Waals surface area (Å²) >= 11 is 0. The molecule has 0 atom stereocenters. The second kappa shape index (κ2) is 8.79. The molecule has 0 unspecified atom stereocenters. The highest BCUT2D eigenvalue weighted by Crippen LogP contribution is 2.27. The van der Waals surface area contributed by atoms with Crippen LogP contribution in [0.3, 0.4) is 0 Å². The molecule has 0 fully saturated rings. The molecule has 0 amide bonds. The largest absolute Gasteiger partial charge is 0.486 e. The Bertz CT molecular complexity index is 1260. The first kappa shape index (κ1) is 20.3. The summed E-state index contributed by atoms with van der Waals surface area (Å²) in [7, 11) is 0. The van der Waals surface area contributed by atoms with E-state index >= 15 is 0 Å². The highest BCUT2D eigenvalue weighted by molar-refractivity contribution is 5.97. The number of benzene rings is 3. The minimum atomic E-state index is -1.24. The van der Waals surface area contributed by atoms with Crippen LogP contribution < -0.4 is 9.47 Å². The van der Waals surface area contributed by atoms with Gasteiger partial charge in [0.05, 0.1) is 16.8 Å². The summed E-state index contributed by atoms with van der Waals surface area (Å²) in [6.07, 6.45) is 0. The molecule has 156 valence electrons. The van der Waals surface area contributed by atoms with Gasteiger partial charge in [-0.15, -0.1) is 0 Å². The van der Waals surface area contributed by atoms with Gasteiger partial charge < -0.3 is 14.6 Å². The Morgan fingerprint density at radius 1 is 0.806 bits per heavy atom. The van der Waals surface area contributed by atoms with E-state index in [1.54, 1.807) is 36.4 Å². The topological polar surface area (TPSA) is 68.7 Å². The van der Waals surface area contributed by atoms with E-state index in [9.17, 15) is 18.7 Å². The van der Waals surface area contributed by atoms with Gasteiger partial charge in [-0.1, -0.05) is 42.5 Å². The summed E-state index contributed by atoms with van der Waals surface area (Å²) in [4.78, 5) is 16.6. The zero-order chi connectivity index (χ0) is 21.8. The number of aromatic nitrogens is 1. The fourth-order valence-electron chi connectivity index (χ4n) is 3.26. The predicted molar refractivity (Wildman–Crippen MR) is 110 cm³/mol. The number of halogens is 2. The molecule has 0 bridgehead atoms. The summed E-state index contributed by atoms with van der Waals surface area (Å²) in [6.45, 7) is -0.460. The summed E-state index contributed by atoms with van der Waals surface area (Å²) in [5.74, 6) is -2.37. The van der Waals surface area contributed by atoms with Gasteiger partial charge in [-0.05, 0) is 30.3 Å². The van der Waals surface area contributed by atoms with E-state index in [4.69, 9.17) is 9.47 Å². The fraction of sp³-hybridized carbons (Fsp3) is 0.0833. The number of carboxylic acids is 1. The molecule has 1 heterocycles. The van der Waals surface area contributed by atoms with E-state index in [0.717, 1.165) is 0 Å². The van der Waals surface area contributed by atoms with Crippen LogP contribution in [0, 0.1) is 11.6 Å². The number of nitrogens with zero attached hydrogens (tertiary/aromatic N) is 1. The Kier molecular flexibility index (Phi) is 5.75. The predicted octanol–water partition coefficient (Wildman–Crippen LogP) is 5.37. The van der Waals surface area contributed by atoms with Crippen LogP contribution in [0.15, 0.2) is 72.8 Å². The summed E-state index contributed by atoms with van der Waals surface area (Å²) in [5, 5.41) is 10.5. The van der Waals surface area contributed by atoms with Crippen molar-refractivity contribution >= 4 is 16.9 Å². The Morgan fingerprint density at radius 3 is 1.97 bits per heavy atom. The maximum Gasteiger partial charge on any atom is 0.338 e. The van der Waals surface area contributed by atoms with Crippen LogP contribution in [-0.4, -0.2) is 16.1 Å². The van der Waals surface area contributed by atoms with Crippen LogP contribution >= 0.6 is 0 Å². The van der Waals surface area contributed by atoms with Gasteiger partial charge in [0.15, 0.2) is 23.1 Å². The molecular weight excluding hydrogens is 404 g/mol. The maximum absolute atomic E-state index is 14.0. The van der Waals surface area contributed by atoms with Gasteiger partial charge in [0.2, 0.25) is 0 Å². The molecule has 4 rings (SSSR count). The van der Waals surface area contributed by atoms with Crippen molar-refractivity contribution in [3.63, 3.8) is 0 Å². The number of para-hydroxylation sites is 3. The average molecular weight is 421 g/mol. The molecular formula is C24H17F2NO4. The number of rotatable bonds is 7. The van der Waals surface area contributed by atoms with Crippen molar-refractivity contribution in [2.75, 3.05) is 0 Å². The van der Waals surface area contributed by atoms with Gasteiger partial charge in [-0.25, -0.2) is 18.6 Å². The molecule has 3 aromatic carbocycles. The Hall–Kier alpha value is -4.00. The lowest BCUT2D eigenvalue weighted by Crippen LogP contribution is -2.14. The smallest absolute Gasteiger partial charge is 0.338 e. The second-order valence-corrected chi connectivity index (χ2v) is 6.67. The summed E-state index contributed by atoms with van der Waals surface area (Å²) in [5.41, 5.74) is 0.841. The van der Waals surface area contributed by atoms with E-state index in [2.05, 4.69) is 4.98 Å². The van der Waals surface area contributed by atoms with Crippen molar-refractivity contribution in [1.29, 1.82) is 0 Å². The van der Waals surface area contributed by atoms with Crippen molar-refractivity contribution in [1.82, 2.24) is 4.98 Å². The van der Waals surface area contributed by atoms with E-state index in [1.807, 2.05) is 0 Å². The first-order chi connectivity index (χ1) is 15.0. The van der Waals surface area contributed by atoms with Crippen LogP contribution in [-0.2, 0) is 13.2 Å². The minimum Gasteiger partial charge on any atom is -0.486 e. The quantitative estimate of drug-likeness (QED) is 0.435. The Labute approximate surface area is 176 Å². The molecule has 0 saturated heterocycles.